The Labute approximate surface area is 171 Å². The van der Waals surface area contributed by atoms with Gasteiger partial charge < -0.3 is 15.4 Å². The first kappa shape index (κ1) is 19.4. The van der Waals surface area contributed by atoms with E-state index < -0.39 is 11.6 Å². The fraction of sp³-hybridized carbons (Fsp3) is 0.316. The van der Waals surface area contributed by atoms with Gasteiger partial charge in [0.1, 0.15) is 0 Å². The summed E-state index contributed by atoms with van der Waals surface area (Å²) in [5, 5.41) is 27.1. The number of benzene rings is 1. The molecule has 150 valence electrons. The van der Waals surface area contributed by atoms with Crippen LogP contribution in [0.4, 0.5) is 10.3 Å². The molecule has 3 N–H and O–H groups in total. The summed E-state index contributed by atoms with van der Waals surface area (Å²) >= 11 is 1.27. The SMILES string of the molecule is CO[C@H](C(=O)Nc1nnc(NC2(c3cccnn3)CCNC2)s1)c1ccccc1. The van der Waals surface area contributed by atoms with Gasteiger partial charge in [0.25, 0.3) is 5.91 Å². The van der Waals surface area contributed by atoms with Gasteiger partial charge in [0, 0.05) is 19.9 Å². The molecule has 0 aliphatic carbocycles. The summed E-state index contributed by atoms with van der Waals surface area (Å²) in [6.07, 6.45) is 1.77. The third-order valence-corrected chi connectivity index (χ3v) is 5.55. The molecule has 1 unspecified atom stereocenters. The van der Waals surface area contributed by atoms with Crippen molar-refractivity contribution in [2.45, 2.75) is 18.1 Å². The number of carbonyl (C=O) groups excluding carboxylic acids is 1. The molecule has 1 aliphatic heterocycles. The number of amides is 1. The zero-order valence-corrected chi connectivity index (χ0v) is 16.6. The first-order chi connectivity index (χ1) is 14.2. The van der Waals surface area contributed by atoms with Gasteiger partial charge in [-0.05, 0) is 30.7 Å². The van der Waals surface area contributed by atoms with Crippen LogP contribution in [0.3, 0.4) is 0 Å². The second-order valence-electron chi connectivity index (χ2n) is 6.67. The van der Waals surface area contributed by atoms with Crippen molar-refractivity contribution in [2.75, 3.05) is 30.8 Å². The maximum atomic E-state index is 12.6. The number of hydrogen-bond acceptors (Lipinski definition) is 9. The van der Waals surface area contributed by atoms with E-state index in [1.165, 1.54) is 18.4 Å². The molecular weight excluding hydrogens is 390 g/mol. The first-order valence-corrected chi connectivity index (χ1v) is 10.0. The van der Waals surface area contributed by atoms with E-state index in [1.54, 1.807) is 6.20 Å². The van der Waals surface area contributed by atoms with Crippen LogP contribution in [0.2, 0.25) is 0 Å². The van der Waals surface area contributed by atoms with Crippen LogP contribution in [0, 0.1) is 0 Å². The number of anilines is 2. The van der Waals surface area contributed by atoms with Crippen LogP contribution >= 0.6 is 11.3 Å². The molecule has 2 aromatic heterocycles. The van der Waals surface area contributed by atoms with Gasteiger partial charge in [0.2, 0.25) is 10.3 Å². The van der Waals surface area contributed by atoms with Crippen molar-refractivity contribution < 1.29 is 9.53 Å². The number of carbonyl (C=O) groups is 1. The summed E-state index contributed by atoms with van der Waals surface area (Å²) in [7, 11) is 1.50. The highest BCUT2D eigenvalue weighted by molar-refractivity contribution is 7.19. The summed E-state index contributed by atoms with van der Waals surface area (Å²) < 4.78 is 5.36. The van der Waals surface area contributed by atoms with Crippen molar-refractivity contribution in [1.82, 2.24) is 25.7 Å². The fourth-order valence-corrected chi connectivity index (χ4v) is 4.10. The quantitative estimate of drug-likeness (QED) is 0.541. The molecule has 29 heavy (non-hydrogen) atoms. The normalized spacial score (nSPS) is 19.6. The smallest absolute Gasteiger partial charge is 0.259 e. The fourth-order valence-electron chi connectivity index (χ4n) is 3.36. The second kappa shape index (κ2) is 8.60. The molecular formula is C19H21N7O2S. The molecule has 1 fully saturated rings. The number of nitrogens with one attached hydrogen (secondary N) is 3. The standard InChI is InChI=1S/C19H21N7O2S/c1-28-15(13-6-3-2-4-7-13)16(27)22-17-25-26-18(29-17)23-19(9-11-20-12-19)14-8-5-10-21-24-14/h2-8,10,15,20H,9,11-12H2,1H3,(H,23,26)(H,22,25,27)/t15-,19?/m0/s1. The maximum absolute atomic E-state index is 12.6. The second-order valence-corrected chi connectivity index (χ2v) is 7.65. The van der Waals surface area contributed by atoms with E-state index in [9.17, 15) is 4.79 Å². The Hall–Kier alpha value is -2.95. The van der Waals surface area contributed by atoms with E-state index >= 15 is 0 Å². The molecule has 1 aliphatic rings. The average molecular weight is 411 g/mol. The Morgan fingerprint density at radius 1 is 1.17 bits per heavy atom. The minimum atomic E-state index is -0.721. The minimum Gasteiger partial charge on any atom is -0.367 e. The summed E-state index contributed by atoms with van der Waals surface area (Å²) in [4.78, 5) is 12.6. The van der Waals surface area contributed by atoms with Crippen LogP contribution in [0.15, 0.2) is 48.7 Å². The third kappa shape index (κ3) is 4.24. The van der Waals surface area contributed by atoms with Gasteiger partial charge in [0.15, 0.2) is 6.10 Å². The summed E-state index contributed by atoms with van der Waals surface area (Å²) in [5.74, 6) is -0.299. The van der Waals surface area contributed by atoms with E-state index in [4.69, 9.17) is 4.74 Å². The molecule has 2 atom stereocenters. The lowest BCUT2D eigenvalue weighted by atomic mass is 9.94. The lowest BCUT2D eigenvalue weighted by Gasteiger charge is -2.27. The molecule has 1 saturated heterocycles. The van der Waals surface area contributed by atoms with E-state index in [0.29, 0.717) is 16.8 Å². The van der Waals surface area contributed by atoms with Crippen LogP contribution in [0.1, 0.15) is 23.8 Å². The van der Waals surface area contributed by atoms with Crippen molar-refractivity contribution in [1.29, 1.82) is 0 Å². The third-order valence-electron chi connectivity index (χ3n) is 4.80. The molecule has 0 radical (unpaired) electrons. The van der Waals surface area contributed by atoms with Gasteiger partial charge in [0.05, 0.1) is 11.2 Å². The largest absolute Gasteiger partial charge is 0.367 e. The number of methoxy groups -OCH3 is 1. The maximum Gasteiger partial charge on any atom is 0.259 e. The number of nitrogens with zero attached hydrogens (tertiary/aromatic N) is 4. The van der Waals surface area contributed by atoms with E-state index in [0.717, 1.165) is 24.2 Å². The van der Waals surface area contributed by atoms with Crippen LogP contribution < -0.4 is 16.0 Å². The highest BCUT2D eigenvalue weighted by Crippen LogP contribution is 2.33. The zero-order chi connectivity index (χ0) is 20.1. The molecule has 0 spiro atoms. The topological polar surface area (TPSA) is 114 Å². The van der Waals surface area contributed by atoms with Crippen LogP contribution in [0.25, 0.3) is 0 Å². The van der Waals surface area contributed by atoms with Crippen LogP contribution in [-0.2, 0) is 15.1 Å². The molecule has 10 heteroatoms. The Morgan fingerprint density at radius 3 is 2.69 bits per heavy atom. The van der Waals surface area contributed by atoms with Gasteiger partial charge in [-0.3, -0.25) is 10.1 Å². The highest BCUT2D eigenvalue weighted by atomic mass is 32.1. The Balaban J connectivity index is 1.47. The van der Waals surface area contributed by atoms with E-state index in [-0.39, 0.29) is 5.91 Å². The lowest BCUT2D eigenvalue weighted by Crippen LogP contribution is -2.38. The van der Waals surface area contributed by atoms with E-state index in [1.807, 2.05) is 42.5 Å². The van der Waals surface area contributed by atoms with Crippen molar-refractivity contribution >= 4 is 27.5 Å². The number of ether oxygens (including phenoxy) is 1. The number of aromatic nitrogens is 4. The molecule has 1 aromatic carbocycles. The van der Waals surface area contributed by atoms with Crippen molar-refractivity contribution in [3.05, 3.63) is 59.9 Å². The lowest BCUT2D eigenvalue weighted by molar-refractivity contribution is -0.126. The highest BCUT2D eigenvalue weighted by Gasteiger charge is 2.38. The first-order valence-electron chi connectivity index (χ1n) is 9.19. The zero-order valence-electron chi connectivity index (χ0n) is 15.8. The minimum absolute atomic E-state index is 0.299. The molecule has 0 bridgehead atoms. The van der Waals surface area contributed by atoms with Crippen molar-refractivity contribution in [3.8, 4) is 0 Å². The Morgan fingerprint density at radius 2 is 2.00 bits per heavy atom. The molecule has 3 aromatic rings. The van der Waals surface area contributed by atoms with Crippen molar-refractivity contribution in [2.24, 2.45) is 0 Å². The summed E-state index contributed by atoms with van der Waals surface area (Å²) in [5.41, 5.74) is 1.21. The van der Waals surface area contributed by atoms with Gasteiger partial charge in [-0.1, -0.05) is 41.7 Å². The Bertz CT molecular complexity index is 945. The average Bonchev–Trinajstić information content (AvgIpc) is 3.41. The molecule has 3 heterocycles. The number of rotatable bonds is 7. The van der Waals surface area contributed by atoms with Gasteiger partial charge in [-0.2, -0.15) is 10.2 Å². The summed E-state index contributed by atoms with van der Waals surface area (Å²) in [6.45, 7) is 1.56. The Kier molecular flexibility index (Phi) is 5.74. The number of hydrogen-bond donors (Lipinski definition) is 3. The van der Waals surface area contributed by atoms with Gasteiger partial charge in [-0.25, -0.2) is 0 Å². The van der Waals surface area contributed by atoms with Gasteiger partial charge in [-0.15, -0.1) is 10.2 Å². The molecule has 9 nitrogen and oxygen atoms in total. The predicted octanol–water partition coefficient (Wildman–Crippen LogP) is 1.95. The van der Waals surface area contributed by atoms with Crippen LogP contribution in [-0.4, -0.2) is 46.5 Å². The van der Waals surface area contributed by atoms with E-state index in [2.05, 4.69) is 36.3 Å². The molecule has 4 rings (SSSR count). The molecule has 0 saturated carbocycles. The molecule has 1 amide bonds. The monoisotopic (exact) mass is 411 g/mol. The van der Waals surface area contributed by atoms with Gasteiger partial charge >= 0.3 is 0 Å². The van der Waals surface area contributed by atoms with Crippen LogP contribution in [0.5, 0.6) is 0 Å². The van der Waals surface area contributed by atoms with Crippen molar-refractivity contribution in [3.63, 3.8) is 0 Å². The predicted molar refractivity (Wildman–Crippen MR) is 110 cm³/mol. The summed E-state index contributed by atoms with van der Waals surface area (Å²) in [6, 6.07) is 13.1.